The zero-order chi connectivity index (χ0) is 22.7. The molecule has 174 valence electrons. The summed E-state index contributed by atoms with van der Waals surface area (Å²) in [5.41, 5.74) is 0.632. The number of nitrogens with zero attached hydrogens (tertiary/aromatic N) is 4. The summed E-state index contributed by atoms with van der Waals surface area (Å²) in [6.07, 6.45) is 4.60. The van der Waals surface area contributed by atoms with E-state index in [0.29, 0.717) is 25.7 Å². The lowest BCUT2D eigenvalue weighted by Crippen LogP contribution is -2.50. The Kier molecular flexibility index (Phi) is 10.0. The van der Waals surface area contributed by atoms with Crippen molar-refractivity contribution in [1.29, 1.82) is 0 Å². The molecule has 1 aliphatic rings. The van der Waals surface area contributed by atoms with Gasteiger partial charge < -0.3 is 20.3 Å². The first kappa shape index (κ1) is 24.9. The molecule has 1 aromatic rings. The number of carbonyl (C=O) groups is 1. The quantitative estimate of drug-likeness (QED) is 0.486. The number of likely N-dealkylation sites (tertiary alicyclic amines) is 1. The van der Waals surface area contributed by atoms with Crippen LogP contribution in [0.25, 0.3) is 0 Å². The fraction of sp³-hybridized carbons (Fsp3) is 0.696. The van der Waals surface area contributed by atoms with Crippen LogP contribution in [0.5, 0.6) is 0 Å². The van der Waals surface area contributed by atoms with Crippen molar-refractivity contribution in [2.45, 2.75) is 65.1 Å². The standard InChI is InChI=1S/C23H40N6O2/c1-6-14-29(22(30)31-23(2,3)4)17-13-26-21(24-5)27-19-10-15-28(16-11-19)18-20-9-7-8-12-25-20/h7-9,12,19H,6,10-11,13-18H2,1-5H3,(H2,24,26,27). The van der Waals surface area contributed by atoms with E-state index in [-0.39, 0.29) is 6.09 Å². The molecule has 1 aromatic heterocycles. The third-order valence-electron chi connectivity index (χ3n) is 5.08. The molecule has 0 aromatic carbocycles. The highest BCUT2D eigenvalue weighted by molar-refractivity contribution is 5.80. The van der Waals surface area contributed by atoms with Crippen LogP contribution in [0.15, 0.2) is 29.4 Å². The van der Waals surface area contributed by atoms with E-state index in [1.807, 2.05) is 39.1 Å². The Morgan fingerprint density at radius 1 is 1.29 bits per heavy atom. The Morgan fingerprint density at radius 2 is 2.03 bits per heavy atom. The molecule has 0 bridgehead atoms. The molecule has 0 aliphatic carbocycles. The third kappa shape index (κ3) is 9.55. The van der Waals surface area contributed by atoms with E-state index in [4.69, 9.17) is 4.74 Å². The second kappa shape index (κ2) is 12.5. The first-order chi connectivity index (χ1) is 14.8. The maximum atomic E-state index is 12.4. The molecule has 1 fully saturated rings. The average molecular weight is 433 g/mol. The van der Waals surface area contributed by atoms with Gasteiger partial charge in [-0.05, 0) is 52.2 Å². The Balaban J connectivity index is 1.72. The smallest absolute Gasteiger partial charge is 0.410 e. The maximum absolute atomic E-state index is 12.4. The van der Waals surface area contributed by atoms with Gasteiger partial charge in [0.05, 0.1) is 5.69 Å². The highest BCUT2D eigenvalue weighted by Crippen LogP contribution is 2.13. The number of nitrogens with one attached hydrogen (secondary N) is 2. The van der Waals surface area contributed by atoms with E-state index in [2.05, 4.69) is 38.5 Å². The Hall–Kier alpha value is -2.35. The van der Waals surface area contributed by atoms with E-state index in [9.17, 15) is 4.79 Å². The summed E-state index contributed by atoms with van der Waals surface area (Å²) in [4.78, 5) is 25.4. The van der Waals surface area contributed by atoms with E-state index in [0.717, 1.165) is 50.6 Å². The maximum Gasteiger partial charge on any atom is 0.410 e. The lowest BCUT2D eigenvalue weighted by Gasteiger charge is -2.33. The molecule has 1 saturated heterocycles. The fourth-order valence-corrected chi connectivity index (χ4v) is 3.54. The molecule has 0 saturated carbocycles. The van der Waals surface area contributed by atoms with Crippen LogP contribution in [-0.4, -0.2) is 78.3 Å². The minimum Gasteiger partial charge on any atom is -0.444 e. The molecule has 0 spiro atoms. The summed E-state index contributed by atoms with van der Waals surface area (Å²) in [5.74, 6) is 0.781. The second-order valence-corrected chi connectivity index (χ2v) is 8.98. The van der Waals surface area contributed by atoms with Crippen LogP contribution < -0.4 is 10.6 Å². The number of carbonyl (C=O) groups excluding carboxylic acids is 1. The summed E-state index contributed by atoms with van der Waals surface area (Å²) in [6, 6.07) is 6.46. The van der Waals surface area contributed by atoms with Gasteiger partial charge in [-0.2, -0.15) is 0 Å². The Bertz CT molecular complexity index is 681. The van der Waals surface area contributed by atoms with E-state index in [1.54, 1.807) is 11.9 Å². The van der Waals surface area contributed by atoms with Gasteiger partial charge in [-0.25, -0.2) is 4.79 Å². The van der Waals surface area contributed by atoms with Crippen LogP contribution >= 0.6 is 0 Å². The minimum atomic E-state index is -0.487. The van der Waals surface area contributed by atoms with E-state index in [1.165, 1.54) is 0 Å². The van der Waals surface area contributed by atoms with Crippen LogP contribution in [0.2, 0.25) is 0 Å². The molecule has 31 heavy (non-hydrogen) atoms. The number of ether oxygens (including phenoxy) is 1. The summed E-state index contributed by atoms with van der Waals surface area (Å²) >= 11 is 0. The zero-order valence-electron chi connectivity index (χ0n) is 19.9. The van der Waals surface area contributed by atoms with Crippen LogP contribution in [0, 0.1) is 0 Å². The third-order valence-corrected chi connectivity index (χ3v) is 5.08. The first-order valence-corrected chi connectivity index (χ1v) is 11.4. The molecule has 1 amide bonds. The number of amides is 1. The van der Waals surface area contributed by atoms with Gasteiger partial charge in [0.25, 0.3) is 0 Å². The topological polar surface area (TPSA) is 82.1 Å². The fourth-order valence-electron chi connectivity index (χ4n) is 3.54. The van der Waals surface area contributed by atoms with Gasteiger partial charge in [-0.3, -0.25) is 14.9 Å². The lowest BCUT2D eigenvalue weighted by atomic mass is 10.0. The molecule has 2 heterocycles. The van der Waals surface area contributed by atoms with Crippen LogP contribution in [0.3, 0.4) is 0 Å². The van der Waals surface area contributed by atoms with E-state index < -0.39 is 5.60 Å². The van der Waals surface area contributed by atoms with Crippen molar-refractivity contribution < 1.29 is 9.53 Å². The molecule has 8 heteroatoms. The monoisotopic (exact) mass is 432 g/mol. The van der Waals surface area contributed by atoms with Crippen molar-refractivity contribution in [2.75, 3.05) is 39.8 Å². The molecule has 0 atom stereocenters. The van der Waals surface area contributed by atoms with Crippen molar-refractivity contribution in [3.05, 3.63) is 30.1 Å². The molecular formula is C23H40N6O2. The molecule has 8 nitrogen and oxygen atoms in total. The van der Waals surface area contributed by atoms with Gasteiger partial charge in [-0.15, -0.1) is 0 Å². The number of piperidine rings is 1. The summed E-state index contributed by atoms with van der Waals surface area (Å²) < 4.78 is 5.51. The second-order valence-electron chi connectivity index (χ2n) is 8.98. The number of aromatic nitrogens is 1. The Labute approximate surface area is 187 Å². The predicted molar refractivity (Wildman–Crippen MR) is 125 cm³/mol. The number of hydrogen-bond acceptors (Lipinski definition) is 5. The van der Waals surface area contributed by atoms with Gasteiger partial charge in [-0.1, -0.05) is 13.0 Å². The predicted octanol–water partition coefficient (Wildman–Crippen LogP) is 2.86. The van der Waals surface area contributed by atoms with Crippen LogP contribution in [0.4, 0.5) is 4.79 Å². The van der Waals surface area contributed by atoms with E-state index >= 15 is 0 Å². The molecule has 0 radical (unpaired) electrons. The minimum absolute atomic E-state index is 0.264. The summed E-state index contributed by atoms with van der Waals surface area (Å²) in [6.45, 7) is 12.6. The zero-order valence-corrected chi connectivity index (χ0v) is 19.9. The molecule has 2 N–H and O–H groups in total. The normalized spacial score (nSPS) is 16.1. The summed E-state index contributed by atoms with van der Waals surface area (Å²) in [7, 11) is 1.78. The van der Waals surface area contributed by atoms with Crippen LogP contribution in [0.1, 0.15) is 52.7 Å². The number of aliphatic imine (C=N–C) groups is 1. The molecule has 2 rings (SSSR count). The van der Waals surface area contributed by atoms with Crippen molar-refractivity contribution in [3.8, 4) is 0 Å². The Morgan fingerprint density at radius 3 is 2.61 bits per heavy atom. The number of hydrogen-bond donors (Lipinski definition) is 2. The van der Waals surface area contributed by atoms with Gasteiger partial charge in [0, 0.05) is 58.6 Å². The van der Waals surface area contributed by atoms with Gasteiger partial charge >= 0.3 is 6.09 Å². The van der Waals surface area contributed by atoms with Crippen LogP contribution in [-0.2, 0) is 11.3 Å². The SMILES string of the molecule is CCCN(CCNC(=NC)NC1CCN(Cc2ccccn2)CC1)C(=O)OC(C)(C)C. The van der Waals surface area contributed by atoms with Gasteiger partial charge in [0.2, 0.25) is 0 Å². The lowest BCUT2D eigenvalue weighted by molar-refractivity contribution is 0.0253. The highest BCUT2D eigenvalue weighted by atomic mass is 16.6. The molecule has 1 aliphatic heterocycles. The highest BCUT2D eigenvalue weighted by Gasteiger charge is 2.22. The summed E-state index contributed by atoms with van der Waals surface area (Å²) in [5, 5.41) is 6.87. The number of guanidine groups is 1. The molecule has 0 unspecified atom stereocenters. The molecular weight excluding hydrogens is 392 g/mol. The average Bonchev–Trinajstić information content (AvgIpc) is 2.73. The van der Waals surface area contributed by atoms with Gasteiger partial charge in [0.15, 0.2) is 5.96 Å². The van der Waals surface area contributed by atoms with Crippen molar-refractivity contribution in [3.63, 3.8) is 0 Å². The number of rotatable bonds is 8. The number of pyridine rings is 1. The van der Waals surface area contributed by atoms with Crippen molar-refractivity contribution in [1.82, 2.24) is 25.4 Å². The van der Waals surface area contributed by atoms with Crippen molar-refractivity contribution >= 4 is 12.1 Å². The largest absolute Gasteiger partial charge is 0.444 e. The van der Waals surface area contributed by atoms with Gasteiger partial charge in [0.1, 0.15) is 5.60 Å². The van der Waals surface area contributed by atoms with Crippen molar-refractivity contribution in [2.24, 2.45) is 4.99 Å². The first-order valence-electron chi connectivity index (χ1n) is 11.4.